The summed E-state index contributed by atoms with van der Waals surface area (Å²) in [6, 6.07) is 20.0. The van der Waals surface area contributed by atoms with Gasteiger partial charge in [-0.3, -0.25) is 14.5 Å². The van der Waals surface area contributed by atoms with Gasteiger partial charge in [-0.05, 0) is 66.6 Å². The van der Waals surface area contributed by atoms with E-state index in [9.17, 15) is 9.90 Å². The number of para-hydroxylation sites is 1. The Labute approximate surface area is 208 Å². The average molecular weight is 478 g/mol. The first kappa shape index (κ1) is 22.2. The van der Waals surface area contributed by atoms with Crippen LogP contribution < -0.4 is 5.32 Å². The molecule has 180 valence electrons. The molecular formula is C29H27N5O2. The fraction of sp³-hybridized carbons (Fsp3) is 0.241. The van der Waals surface area contributed by atoms with Crippen LogP contribution in [0.2, 0.25) is 0 Å². The number of rotatable bonds is 7. The van der Waals surface area contributed by atoms with Crippen LogP contribution in [0.1, 0.15) is 41.3 Å². The minimum absolute atomic E-state index is 0.0705. The van der Waals surface area contributed by atoms with Crippen LogP contribution >= 0.6 is 0 Å². The highest BCUT2D eigenvalue weighted by Crippen LogP contribution is 2.27. The summed E-state index contributed by atoms with van der Waals surface area (Å²) in [5.74, 6) is 0.154. The first-order chi connectivity index (χ1) is 17.6. The van der Waals surface area contributed by atoms with Crippen LogP contribution in [0.15, 0.2) is 73.1 Å². The highest BCUT2D eigenvalue weighted by Gasteiger charge is 2.20. The number of aromatic nitrogens is 4. The molecule has 0 amide bonds. The Morgan fingerprint density at radius 1 is 1.03 bits per heavy atom. The van der Waals surface area contributed by atoms with E-state index in [1.54, 1.807) is 10.9 Å². The molecule has 0 spiro atoms. The molecule has 36 heavy (non-hydrogen) atoms. The van der Waals surface area contributed by atoms with Crippen LogP contribution in [-0.4, -0.2) is 37.4 Å². The first-order valence-electron chi connectivity index (χ1n) is 12.4. The van der Waals surface area contributed by atoms with Gasteiger partial charge in [-0.1, -0.05) is 36.4 Å². The highest BCUT2D eigenvalue weighted by molar-refractivity contribution is 5.80. The maximum Gasteiger partial charge on any atom is 0.305 e. The van der Waals surface area contributed by atoms with Crippen molar-refractivity contribution >= 4 is 33.6 Å². The van der Waals surface area contributed by atoms with Gasteiger partial charge in [-0.2, -0.15) is 5.10 Å². The third kappa shape index (κ3) is 4.52. The van der Waals surface area contributed by atoms with Crippen molar-refractivity contribution in [1.29, 1.82) is 0 Å². The smallest absolute Gasteiger partial charge is 0.305 e. The summed E-state index contributed by atoms with van der Waals surface area (Å²) in [5.41, 5.74) is 6.14. The topological polar surface area (TPSA) is 92.9 Å². The van der Waals surface area contributed by atoms with Gasteiger partial charge in [0.15, 0.2) is 0 Å². The standard InChI is InChI=1S/C29H27N5O2/c35-28(36)16-27(23-15-21-4-1-2-6-25(21)31-17-23)34-18-22-9-7-19(14-26(22)33-34)8-11-24-12-10-20-5-3-13-30-29(20)32-24/h1-2,4,6-7,9-10,12,14-15,17-18,27H,3,5,8,11,13,16H2,(H,30,32)(H,35,36)/t27-/m0/s1. The Hall–Kier alpha value is -4.26. The number of hydrogen-bond donors (Lipinski definition) is 2. The Morgan fingerprint density at radius 3 is 2.86 bits per heavy atom. The lowest BCUT2D eigenvalue weighted by molar-refractivity contribution is -0.137. The van der Waals surface area contributed by atoms with E-state index < -0.39 is 12.0 Å². The maximum absolute atomic E-state index is 11.7. The number of fused-ring (bicyclic) bond motifs is 3. The number of hydrogen-bond acceptors (Lipinski definition) is 5. The van der Waals surface area contributed by atoms with Crippen LogP contribution in [0.4, 0.5) is 5.82 Å². The van der Waals surface area contributed by atoms with Crippen molar-refractivity contribution in [2.24, 2.45) is 0 Å². The van der Waals surface area contributed by atoms with Gasteiger partial charge in [0.1, 0.15) is 5.82 Å². The molecule has 7 nitrogen and oxygen atoms in total. The van der Waals surface area contributed by atoms with Gasteiger partial charge in [0, 0.05) is 35.4 Å². The average Bonchev–Trinajstić information content (AvgIpc) is 3.33. The van der Waals surface area contributed by atoms with Gasteiger partial charge < -0.3 is 10.4 Å². The van der Waals surface area contributed by atoms with Gasteiger partial charge in [0.25, 0.3) is 0 Å². The third-order valence-corrected chi connectivity index (χ3v) is 6.89. The minimum Gasteiger partial charge on any atom is -0.481 e. The fourth-order valence-electron chi connectivity index (χ4n) is 4.98. The second-order valence-electron chi connectivity index (χ2n) is 9.42. The molecular weight excluding hydrogens is 450 g/mol. The zero-order valence-corrected chi connectivity index (χ0v) is 19.9. The van der Waals surface area contributed by atoms with Crippen LogP contribution in [0, 0.1) is 0 Å². The largest absolute Gasteiger partial charge is 0.481 e. The van der Waals surface area contributed by atoms with E-state index >= 15 is 0 Å². The van der Waals surface area contributed by atoms with Crippen LogP contribution in [0.3, 0.4) is 0 Å². The molecule has 0 radical (unpaired) electrons. The molecule has 0 saturated carbocycles. The SMILES string of the molecule is O=C(O)C[C@@H](c1cnc2ccccc2c1)n1cc2ccc(CCc3ccc4c(n3)NCCC4)cc2n1. The Kier molecular flexibility index (Phi) is 5.81. The van der Waals surface area contributed by atoms with E-state index in [0.29, 0.717) is 0 Å². The number of nitrogens with zero attached hydrogens (tertiary/aromatic N) is 4. The molecule has 0 bridgehead atoms. The maximum atomic E-state index is 11.7. The molecule has 0 aliphatic carbocycles. The summed E-state index contributed by atoms with van der Waals surface area (Å²) in [4.78, 5) is 21.1. The predicted octanol–water partition coefficient (Wildman–Crippen LogP) is 5.19. The lowest BCUT2D eigenvalue weighted by Crippen LogP contribution is -2.16. The third-order valence-electron chi connectivity index (χ3n) is 6.89. The van der Waals surface area contributed by atoms with Crippen molar-refractivity contribution < 1.29 is 9.90 Å². The van der Waals surface area contributed by atoms with Crippen molar-refractivity contribution in [3.63, 3.8) is 0 Å². The second-order valence-corrected chi connectivity index (χ2v) is 9.42. The zero-order chi connectivity index (χ0) is 24.5. The number of benzene rings is 2. The molecule has 0 fully saturated rings. The summed E-state index contributed by atoms with van der Waals surface area (Å²) in [6.45, 7) is 0.987. The van der Waals surface area contributed by atoms with Gasteiger partial charge in [-0.25, -0.2) is 4.98 Å². The lowest BCUT2D eigenvalue weighted by Gasteiger charge is -2.17. The minimum atomic E-state index is -0.875. The Morgan fingerprint density at radius 2 is 1.94 bits per heavy atom. The van der Waals surface area contributed by atoms with E-state index in [1.165, 1.54) is 11.1 Å². The van der Waals surface area contributed by atoms with Crippen LogP contribution in [-0.2, 0) is 24.1 Å². The molecule has 3 aromatic heterocycles. The monoisotopic (exact) mass is 477 g/mol. The van der Waals surface area contributed by atoms with Crippen LogP contribution in [0.25, 0.3) is 21.8 Å². The molecule has 7 heteroatoms. The molecule has 1 aliphatic rings. The van der Waals surface area contributed by atoms with E-state index in [-0.39, 0.29) is 6.42 Å². The number of aryl methyl sites for hydroxylation is 3. The molecule has 6 rings (SSSR count). The summed E-state index contributed by atoms with van der Waals surface area (Å²) in [6.07, 6.45) is 7.58. The molecule has 1 aliphatic heterocycles. The molecule has 0 saturated heterocycles. The molecule has 5 aromatic rings. The van der Waals surface area contributed by atoms with Crippen LogP contribution in [0.5, 0.6) is 0 Å². The summed E-state index contributed by atoms with van der Waals surface area (Å²) < 4.78 is 1.77. The Bertz CT molecular complexity index is 1580. The van der Waals surface area contributed by atoms with Gasteiger partial charge >= 0.3 is 5.97 Å². The molecule has 1 atom stereocenters. The molecule has 4 heterocycles. The summed E-state index contributed by atoms with van der Waals surface area (Å²) >= 11 is 0. The fourth-order valence-corrected chi connectivity index (χ4v) is 4.98. The summed E-state index contributed by atoms with van der Waals surface area (Å²) in [7, 11) is 0. The number of carboxylic acid groups (broad SMARTS) is 1. The van der Waals surface area contributed by atoms with E-state index in [4.69, 9.17) is 10.1 Å². The van der Waals surface area contributed by atoms with Gasteiger partial charge in [0.05, 0.1) is 23.5 Å². The van der Waals surface area contributed by atoms with Gasteiger partial charge in [0.2, 0.25) is 0 Å². The number of nitrogens with one attached hydrogen (secondary N) is 1. The van der Waals surface area contributed by atoms with E-state index in [2.05, 4.69) is 40.6 Å². The molecule has 0 unspecified atom stereocenters. The quantitative estimate of drug-likeness (QED) is 0.335. The van der Waals surface area contributed by atoms with E-state index in [1.807, 2.05) is 36.5 Å². The zero-order valence-electron chi connectivity index (χ0n) is 19.9. The number of anilines is 1. The van der Waals surface area contributed by atoms with Crippen molar-refractivity contribution in [2.45, 2.75) is 38.1 Å². The molecule has 2 aromatic carbocycles. The molecule has 2 N–H and O–H groups in total. The predicted molar refractivity (Wildman–Crippen MR) is 140 cm³/mol. The van der Waals surface area contributed by atoms with Crippen molar-refractivity contribution in [3.05, 3.63) is 95.4 Å². The van der Waals surface area contributed by atoms with Crippen molar-refractivity contribution in [1.82, 2.24) is 19.7 Å². The first-order valence-corrected chi connectivity index (χ1v) is 12.4. The second kappa shape index (κ2) is 9.41. The highest BCUT2D eigenvalue weighted by atomic mass is 16.4. The lowest BCUT2D eigenvalue weighted by atomic mass is 10.0. The number of pyridine rings is 2. The van der Waals surface area contributed by atoms with Crippen molar-refractivity contribution in [3.8, 4) is 0 Å². The van der Waals surface area contributed by atoms with Crippen molar-refractivity contribution in [2.75, 3.05) is 11.9 Å². The summed E-state index contributed by atoms with van der Waals surface area (Å²) in [5, 5.41) is 19.8. The number of carbonyl (C=O) groups is 1. The number of carboxylic acids is 1. The van der Waals surface area contributed by atoms with E-state index in [0.717, 1.165) is 71.1 Å². The van der Waals surface area contributed by atoms with Gasteiger partial charge in [-0.15, -0.1) is 0 Å². The Balaban J connectivity index is 1.26. The normalized spacial score (nSPS) is 13.9. The number of aliphatic carboxylic acids is 1.